The summed E-state index contributed by atoms with van der Waals surface area (Å²) in [6, 6.07) is 19.0. The third kappa shape index (κ3) is 3.41. The van der Waals surface area contributed by atoms with Crippen LogP contribution in [0.3, 0.4) is 0 Å². The first-order valence-electron chi connectivity index (χ1n) is 8.20. The van der Waals surface area contributed by atoms with Crippen molar-refractivity contribution >= 4 is 0 Å². The van der Waals surface area contributed by atoms with Crippen LogP contribution in [0.15, 0.2) is 81.8 Å². The van der Waals surface area contributed by atoms with Gasteiger partial charge in [0, 0.05) is 11.1 Å². The van der Waals surface area contributed by atoms with Crippen LogP contribution in [-0.4, -0.2) is 10.2 Å². The summed E-state index contributed by atoms with van der Waals surface area (Å²) in [6.45, 7) is 0.398. The zero-order chi connectivity index (χ0) is 17.8. The Morgan fingerprint density at radius 3 is 2.50 bits per heavy atom. The maximum absolute atomic E-state index is 14.4. The van der Waals surface area contributed by atoms with Gasteiger partial charge in [0.15, 0.2) is 0 Å². The van der Waals surface area contributed by atoms with E-state index in [4.69, 9.17) is 8.83 Å². The molecule has 0 unspecified atom stereocenters. The molecule has 0 fully saturated rings. The van der Waals surface area contributed by atoms with Crippen molar-refractivity contribution in [3.63, 3.8) is 0 Å². The Balaban J connectivity index is 1.66. The van der Waals surface area contributed by atoms with E-state index in [0.29, 0.717) is 23.9 Å². The standard InChI is InChI=1S/C20H16FN3O2/c21-17-11-5-4-10-16(17)18(22-13-15-9-6-12-25-15)20-24-23-19(26-20)14-7-2-1-3-8-14/h1-12,18,22H,13H2/t18-/m1/s1. The molecule has 0 spiro atoms. The van der Waals surface area contributed by atoms with Crippen molar-refractivity contribution in [2.75, 3.05) is 0 Å². The number of nitrogens with one attached hydrogen (secondary N) is 1. The van der Waals surface area contributed by atoms with Crippen LogP contribution in [0.5, 0.6) is 0 Å². The van der Waals surface area contributed by atoms with Crippen LogP contribution >= 0.6 is 0 Å². The largest absolute Gasteiger partial charge is 0.468 e. The van der Waals surface area contributed by atoms with E-state index in [0.717, 1.165) is 11.3 Å². The SMILES string of the molecule is Fc1ccccc1[C@@H](NCc1ccco1)c1nnc(-c2ccccc2)o1. The first-order chi connectivity index (χ1) is 12.8. The zero-order valence-corrected chi connectivity index (χ0v) is 13.8. The Morgan fingerprint density at radius 2 is 1.73 bits per heavy atom. The van der Waals surface area contributed by atoms with Gasteiger partial charge in [-0.1, -0.05) is 36.4 Å². The summed E-state index contributed by atoms with van der Waals surface area (Å²) >= 11 is 0. The summed E-state index contributed by atoms with van der Waals surface area (Å²) < 4.78 is 25.5. The number of halogens is 1. The van der Waals surface area contributed by atoms with E-state index in [1.807, 2.05) is 36.4 Å². The van der Waals surface area contributed by atoms with E-state index >= 15 is 0 Å². The summed E-state index contributed by atoms with van der Waals surface area (Å²) in [4.78, 5) is 0. The summed E-state index contributed by atoms with van der Waals surface area (Å²) in [5.74, 6) is 1.07. The first kappa shape index (κ1) is 16.2. The van der Waals surface area contributed by atoms with Crippen LogP contribution in [0.25, 0.3) is 11.5 Å². The van der Waals surface area contributed by atoms with E-state index < -0.39 is 6.04 Å². The number of nitrogens with zero attached hydrogens (tertiary/aromatic N) is 2. The van der Waals surface area contributed by atoms with Crippen LogP contribution in [-0.2, 0) is 6.54 Å². The molecule has 26 heavy (non-hydrogen) atoms. The second-order valence-electron chi connectivity index (χ2n) is 5.73. The lowest BCUT2D eigenvalue weighted by molar-refractivity contribution is 0.406. The fourth-order valence-corrected chi connectivity index (χ4v) is 2.70. The second-order valence-corrected chi connectivity index (χ2v) is 5.73. The van der Waals surface area contributed by atoms with Crippen molar-refractivity contribution in [3.8, 4) is 11.5 Å². The predicted octanol–water partition coefficient (Wildman–Crippen LogP) is 4.35. The minimum atomic E-state index is -0.591. The Morgan fingerprint density at radius 1 is 0.923 bits per heavy atom. The number of furan rings is 1. The van der Waals surface area contributed by atoms with Gasteiger partial charge in [0.25, 0.3) is 0 Å². The van der Waals surface area contributed by atoms with E-state index in [2.05, 4.69) is 15.5 Å². The molecule has 2 aromatic heterocycles. The van der Waals surface area contributed by atoms with Gasteiger partial charge in [0.2, 0.25) is 11.8 Å². The Kier molecular flexibility index (Phi) is 4.57. The maximum atomic E-state index is 14.4. The Labute approximate surface area is 149 Å². The summed E-state index contributed by atoms with van der Waals surface area (Å²) in [5.41, 5.74) is 1.24. The molecule has 6 heteroatoms. The van der Waals surface area contributed by atoms with Gasteiger partial charge in [-0.15, -0.1) is 10.2 Å². The summed E-state index contributed by atoms with van der Waals surface area (Å²) in [5, 5.41) is 11.5. The molecule has 4 rings (SSSR count). The average molecular weight is 349 g/mol. The molecule has 2 aromatic carbocycles. The quantitative estimate of drug-likeness (QED) is 0.561. The van der Waals surface area contributed by atoms with Gasteiger partial charge in [0.1, 0.15) is 17.6 Å². The molecule has 0 aliphatic heterocycles. The van der Waals surface area contributed by atoms with Gasteiger partial charge in [-0.05, 0) is 30.3 Å². The van der Waals surface area contributed by atoms with E-state index in [1.54, 1.807) is 30.5 Å². The first-order valence-corrected chi connectivity index (χ1v) is 8.20. The lowest BCUT2D eigenvalue weighted by Gasteiger charge is -2.15. The molecule has 0 aliphatic carbocycles. The minimum absolute atomic E-state index is 0.292. The van der Waals surface area contributed by atoms with Crippen LogP contribution in [0.1, 0.15) is 23.3 Å². The predicted molar refractivity (Wildman–Crippen MR) is 93.5 cm³/mol. The molecule has 130 valence electrons. The highest BCUT2D eigenvalue weighted by Crippen LogP contribution is 2.27. The average Bonchev–Trinajstić information content (AvgIpc) is 3.36. The van der Waals surface area contributed by atoms with Gasteiger partial charge in [0.05, 0.1) is 12.8 Å². The van der Waals surface area contributed by atoms with Crippen molar-refractivity contribution in [2.45, 2.75) is 12.6 Å². The minimum Gasteiger partial charge on any atom is -0.468 e. The van der Waals surface area contributed by atoms with Crippen LogP contribution in [0, 0.1) is 5.82 Å². The van der Waals surface area contributed by atoms with Gasteiger partial charge in [-0.3, -0.25) is 5.32 Å². The Hall–Kier alpha value is -3.25. The number of hydrogen-bond donors (Lipinski definition) is 1. The van der Waals surface area contributed by atoms with Crippen molar-refractivity contribution in [1.29, 1.82) is 0 Å². The molecule has 0 amide bonds. The molecular weight excluding hydrogens is 333 g/mol. The van der Waals surface area contributed by atoms with E-state index in [1.165, 1.54) is 6.07 Å². The van der Waals surface area contributed by atoms with Gasteiger partial charge in [-0.25, -0.2) is 4.39 Å². The van der Waals surface area contributed by atoms with Crippen LogP contribution in [0.2, 0.25) is 0 Å². The zero-order valence-electron chi connectivity index (χ0n) is 13.8. The molecule has 4 aromatic rings. The highest BCUT2D eigenvalue weighted by Gasteiger charge is 2.24. The fourth-order valence-electron chi connectivity index (χ4n) is 2.70. The van der Waals surface area contributed by atoms with Crippen LogP contribution in [0.4, 0.5) is 4.39 Å². The highest BCUT2D eigenvalue weighted by molar-refractivity contribution is 5.51. The fraction of sp³-hybridized carbons (Fsp3) is 0.100. The molecule has 0 saturated carbocycles. The van der Waals surface area contributed by atoms with Gasteiger partial charge >= 0.3 is 0 Å². The molecule has 0 aliphatic rings. The summed E-state index contributed by atoms with van der Waals surface area (Å²) in [6.07, 6.45) is 1.59. The molecule has 1 N–H and O–H groups in total. The van der Waals surface area contributed by atoms with Crippen molar-refractivity contribution in [2.24, 2.45) is 0 Å². The Bertz CT molecular complexity index is 968. The molecule has 0 radical (unpaired) electrons. The highest BCUT2D eigenvalue weighted by atomic mass is 19.1. The smallest absolute Gasteiger partial charge is 0.247 e. The number of rotatable bonds is 6. The molecule has 0 saturated heterocycles. The lowest BCUT2D eigenvalue weighted by Crippen LogP contribution is -2.23. The van der Waals surface area contributed by atoms with Gasteiger partial charge in [-0.2, -0.15) is 0 Å². The van der Waals surface area contributed by atoms with Crippen LogP contribution < -0.4 is 5.32 Å². The summed E-state index contributed by atoms with van der Waals surface area (Å²) in [7, 11) is 0. The monoisotopic (exact) mass is 349 g/mol. The topological polar surface area (TPSA) is 64.1 Å². The van der Waals surface area contributed by atoms with Crippen molar-refractivity contribution in [3.05, 3.63) is 96.0 Å². The number of hydrogen-bond acceptors (Lipinski definition) is 5. The van der Waals surface area contributed by atoms with Gasteiger partial charge < -0.3 is 8.83 Å². The number of benzene rings is 2. The third-order valence-electron chi connectivity index (χ3n) is 3.99. The van der Waals surface area contributed by atoms with Crippen molar-refractivity contribution < 1.29 is 13.2 Å². The maximum Gasteiger partial charge on any atom is 0.247 e. The van der Waals surface area contributed by atoms with Crippen molar-refractivity contribution in [1.82, 2.24) is 15.5 Å². The second kappa shape index (κ2) is 7.33. The van der Waals surface area contributed by atoms with E-state index in [9.17, 15) is 4.39 Å². The third-order valence-corrected chi connectivity index (χ3v) is 3.99. The molecular formula is C20H16FN3O2. The molecule has 2 heterocycles. The van der Waals surface area contributed by atoms with E-state index in [-0.39, 0.29) is 5.82 Å². The lowest BCUT2D eigenvalue weighted by atomic mass is 10.1. The number of aromatic nitrogens is 2. The molecule has 1 atom stereocenters. The molecule has 0 bridgehead atoms. The molecule has 5 nitrogen and oxygen atoms in total. The normalized spacial score (nSPS) is 12.2.